The molecule has 0 aliphatic carbocycles. The van der Waals surface area contributed by atoms with E-state index in [2.05, 4.69) is 21.2 Å². The van der Waals surface area contributed by atoms with E-state index in [1.165, 1.54) is 12.1 Å². The van der Waals surface area contributed by atoms with Crippen molar-refractivity contribution in [1.82, 2.24) is 5.32 Å². The molecule has 1 atom stereocenters. The zero-order chi connectivity index (χ0) is 18.0. The van der Waals surface area contributed by atoms with Gasteiger partial charge in [-0.15, -0.1) is 0 Å². The van der Waals surface area contributed by atoms with E-state index < -0.39 is 29.7 Å². The zero-order valence-electron chi connectivity index (χ0n) is 12.7. The van der Waals surface area contributed by atoms with Crippen LogP contribution in [0.2, 0.25) is 0 Å². The molecule has 0 radical (unpaired) electrons. The number of barbiturate groups is 1. The fourth-order valence-corrected chi connectivity index (χ4v) is 2.64. The summed E-state index contributed by atoms with van der Waals surface area (Å²) in [6, 6.07) is 13.9. The number of imide groups is 2. The summed E-state index contributed by atoms with van der Waals surface area (Å²) in [6.45, 7) is 0. The average molecular weight is 402 g/mol. The van der Waals surface area contributed by atoms with E-state index in [1.54, 1.807) is 42.5 Å². The Morgan fingerprint density at radius 2 is 1.64 bits per heavy atom. The first kappa shape index (κ1) is 16.8. The van der Waals surface area contributed by atoms with Gasteiger partial charge in [0.2, 0.25) is 11.8 Å². The van der Waals surface area contributed by atoms with Crippen LogP contribution in [0, 0.1) is 5.92 Å². The number of carbonyl (C=O) groups is 4. The van der Waals surface area contributed by atoms with Gasteiger partial charge in [0.05, 0.1) is 5.69 Å². The van der Waals surface area contributed by atoms with Crippen LogP contribution in [0.3, 0.4) is 0 Å². The molecule has 0 bridgehead atoms. The number of amides is 5. The Bertz CT molecular complexity index is 852. The summed E-state index contributed by atoms with van der Waals surface area (Å²) in [5.41, 5.74) is 0.705. The van der Waals surface area contributed by atoms with Crippen molar-refractivity contribution in [3.05, 3.63) is 59.1 Å². The molecule has 7 nitrogen and oxygen atoms in total. The average Bonchev–Trinajstić information content (AvgIpc) is 2.57. The largest absolute Gasteiger partial charge is 0.335 e. The lowest BCUT2D eigenvalue weighted by Crippen LogP contribution is -2.61. The van der Waals surface area contributed by atoms with Crippen molar-refractivity contribution in [3.63, 3.8) is 0 Å². The van der Waals surface area contributed by atoms with Gasteiger partial charge in [-0.05, 0) is 36.4 Å². The monoisotopic (exact) mass is 401 g/mol. The quantitative estimate of drug-likeness (QED) is 0.771. The van der Waals surface area contributed by atoms with Crippen molar-refractivity contribution in [2.75, 3.05) is 10.2 Å². The van der Waals surface area contributed by atoms with E-state index in [4.69, 9.17) is 0 Å². The summed E-state index contributed by atoms with van der Waals surface area (Å²) in [4.78, 5) is 49.9. The van der Waals surface area contributed by atoms with E-state index in [9.17, 15) is 19.2 Å². The van der Waals surface area contributed by atoms with Gasteiger partial charge in [-0.2, -0.15) is 0 Å². The second-order valence-electron chi connectivity index (χ2n) is 5.23. The van der Waals surface area contributed by atoms with Crippen LogP contribution in [-0.2, 0) is 14.4 Å². The maximum absolute atomic E-state index is 12.6. The lowest BCUT2D eigenvalue weighted by Gasteiger charge is -2.29. The number of nitrogens with one attached hydrogen (secondary N) is 2. The van der Waals surface area contributed by atoms with E-state index in [0.717, 1.165) is 9.37 Å². The molecule has 1 heterocycles. The third kappa shape index (κ3) is 3.43. The Labute approximate surface area is 151 Å². The van der Waals surface area contributed by atoms with Gasteiger partial charge in [0.25, 0.3) is 5.91 Å². The molecule has 1 unspecified atom stereocenters. The van der Waals surface area contributed by atoms with E-state index >= 15 is 0 Å². The fourth-order valence-electron chi connectivity index (χ4n) is 2.38. The number of nitrogens with zero attached hydrogens (tertiary/aromatic N) is 1. The van der Waals surface area contributed by atoms with Crippen LogP contribution in [0.5, 0.6) is 0 Å². The molecule has 25 heavy (non-hydrogen) atoms. The van der Waals surface area contributed by atoms with Crippen LogP contribution in [0.4, 0.5) is 16.2 Å². The van der Waals surface area contributed by atoms with Crippen molar-refractivity contribution in [3.8, 4) is 0 Å². The van der Waals surface area contributed by atoms with Crippen LogP contribution < -0.4 is 15.5 Å². The summed E-state index contributed by atoms with van der Waals surface area (Å²) < 4.78 is 0.817. The first-order valence-corrected chi connectivity index (χ1v) is 8.07. The number of benzene rings is 2. The summed E-state index contributed by atoms with van der Waals surface area (Å²) in [5, 5.41) is 4.55. The predicted octanol–water partition coefficient (Wildman–Crippen LogP) is 2.29. The van der Waals surface area contributed by atoms with E-state index in [0.29, 0.717) is 5.69 Å². The molecule has 1 aliphatic heterocycles. The number of hydrogen-bond donors (Lipinski definition) is 2. The normalized spacial score (nSPS) is 17.2. The van der Waals surface area contributed by atoms with Crippen LogP contribution >= 0.6 is 15.9 Å². The van der Waals surface area contributed by atoms with Crippen molar-refractivity contribution >= 4 is 51.1 Å². The van der Waals surface area contributed by atoms with Gasteiger partial charge in [-0.25, -0.2) is 9.69 Å². The lowest BCUT2D eigenvalue weighted by atomic mass is 10.0. The topological polar surface area (TPSA) is 95.6 Å². The second kappa shape index (κ2) is 6.86. The maximum Gasteiger partial charge on any atom is 0.335 e. The molecule has 3 rings (SSSR count). The highest BCUT2D eigenvalue weighted by Crippen LogP contribution is 2.22. The SMILES string of the molecule is O=C1NC(=O)N(c2ccccc2)C(=O)C1C(=O)Nc1ccc(Br)cc1. The molecule has 2 aromatic rings. The van der Waals surface area contributed by atoms with Crippen LogP contribution in [-0.4, -0.2) is 23.8 Å². The van der Waals surface area contributed by atoms with Gasteiger partial charge < -0.3 is 5.32 Å². The molecule has 5 amide bonds. The minimum atomic E-state index is -1.65. The molecule has 8 heteroatoms. The first-order valence-electron chi connectivity index (χ1n) is 7.27. The van der Waals surface area contributed by atoms with Crippen molar-refractivity contribution in [2.45, 2.75) is 0 Å². The summed E-state index contributed by atoms with van der Waals surface area (Å²) >= 11 is 3.27. The van der Waals surface area contributed by atoms with Gasteiger partial charge in [-0.1, -0.05) is 34.1 Å². The smallest absolute Gasteiger partial charge is 0.325 e. The number of carbonyl (C=O) groups excluding carboxylic acids is 4. The fraction of sp³-hybridized carbons (Fsp3) is 0.0588. The molecule has 1 aliphatic rings. The highest BCUT2D eigenvalue weighted by atomic mass is 79.9. The van der Waals surface area contributed by atoms with Crippen LogP contribution in [0.25, 0.3) is 0 Å². The third-order valence-electron chi connectivity index (χ3n) is 3.55. The Morgan fingerprint density at radius 3 is 2.28 bits per heavy atom. The van der Waals surface area contributed by atoms with Crippen LogP contribution in [0.1, 0.15) is 0 Å². The molecule has 126 valence electrons. The Hall–Kier alpha value is -3.00. The summed E-state index contributed by atoms with van der Waals surface area (Å²) in [7, 11) is 0. The van der Waals surface area contributed by atoms with E-state index in [-0.39, 0.29) is 5.69 Å². The minimum Gasteiger partial charge on any atom is -0.325 e. The molecular formula is C17H12BrN3O4. The molecule has 0 spiro atoms. The molecule has 0 aromatic heterocycles. The van der Waals surface area contributed by atoms with Crippen LogP contribution in [0.15, 0.2) is 59.1 Å². The lowest BCUT2D eigenvalue weighted by molar-refractivity contribution is -0.139. The molecule has 2 N–H and O–H groups in total. The Kier molecular flexibility index (Phi) is 4.62. The number of para-hydroxylation sites is 1. The van der Waals surface area contributed by atoms with Gasteiger partial charge in [-0.3, -0.25) is 19.7 Å². The number of rotatable bonds is 3. The predicted molar refractivity (Wildman–Crippen MR) is 93.7 cm³/mol. The summed E-state index contributed by atoms with van der Waals surface area (Å²) in [6.07, 6.45) is 0. The summed E-state index contributed by atoms with van der Waals surface area (Å²) in [5.74, 6) is -4.30. The zero-order valence-corrected chi connectivity index (χ0v) is 14.3. The third-order valence-corrected chi connectivity index (χ3v) is 4.08. The minimum absolute atomic E-state index is 0.277. The highest BCUT2D eigenvalue weighted by Gasteiger charge is 2.45. The first-order chi connectivity index (χ1) is 12.0. The number of halogens is 1. The Balaban J connectivity index is 1.85. The molecule has 1 fully saturated rings. The molecule has 2 aromatic carbocycles. The van der Waals surface area contributed by atoms with Crippen molar-refractivity contribution in [1.29, 1.82) is 0 Å². The maximum atomic E-state index is 12.6. The van der Waals surface area contributed by atoms with Crippen molar-refractivity contribution in [2.24, 2.45) is 5.92 Å². The van der Waals surface area contributed by atoms with Gasteiger partial charge in [0.15, 0.2) is 5.92 Å². The number of anilines is 2. The van der Waals surface area contributed by atoms with Gasteiger partial charge >= 0.3 is 6.03 Å². The molecule has 0 saturated carbocycles. The van der Waals surface area contributed by atoms with Gasteiger partial charge in [0, 0.05) is 10.2 Å². The second-order valence-corrected chi connectivity index (χ2v) is 6.15. The highest BCUT2D eigenvalue weighted by molar-refractivity contribution is 9.10. The standard InChI is InChI=1S/C17H12BrN3O4/c18-10-6-8-11(9-7-10)19-14(22)13-15(23)20-17(25)21(16(13)24)12-4-2-1-3-5-12/h1-9,13H,(H,19,22)(H,20,23,25). The van der Waals surface area contributed by atoms with Gasteiger partial charge in [0.1, 0.15) is 0 Å². The molecule has 1 saturated heterocycles. The number of hydrogen-bond acceptors (Lipinski definition) is 4. The van der Waals surface area contributed by atoms with E-state index in [1.807, 2.05) is 5.32 Å². The van der Waals surface area contributed by atoms with Crippen molar-refractivity contribution < 1.29 is 19.2 Å². The Morgan fingerprint density at radius 1 is 1.00 bits per heavy atom. The number of urea groups is 1. The molecular weight excluding hydrogens is 390 g/mol.